The van der Waals surface area contributed by atoms with E-state index in [1.807, 2.05) is 7.05 Å². The Balaban J connectivity index is 2.34. The largest absolute Gasteiger partial charge is 0.501 e. The van der Waals surface area contributed by atoms with E-state index in [-0.39, 0.29) is 11.9 Å². The minimum Gasteiger partial charge on any atom is -0.501 e. The van der Waals surface area contributed by atoms with Gasteiger partial charge >= 0.3 is 0 Å². The Hall–Kier alpha value is -0.870. The van der Waals surface area contributed by atoms with Crippen LogP contribution in [-0.2, 0) is 4.74 Å². The molecule has 4 heteroatoms. The van der Waals surface area contributed by atoms with Gasteiger partial charge in [-0.15, -0.1) is 0 Å². The molecule has 1 N–H and O–H groups in total. The van der Waals surface area contributed by atoms with Gasteiger partial charge in [-0.25, -0.2) is 4.39 Å². The fourth-order valence-electron chi connectivity index (χ4n) is 2.07. The summed E-state index contributed by atoms with van der Waals surface area (Å²) in [7, 11) is 1.87. The maximum Gasteiger partial charge on any atom is 0.123 e. The van der Waals surface area contributed by atoms with Gasteiger partial charge in [0.05, 0.1) is 18.9 Å². The number of likely N-dealkylation sites (N-methyl/N-ethyl adjacent to an activating group) is 1. The van der Waals surface area contributed by atoms with Crippen LogP contribution in [-0.4, -0.2) is 13.7 Å². The smallest absolute Gasteiger partial charge is 0.123 e. The summed E-state index contributed by atoms with van der Waals surface area (Å²) in [5, 5.41) is 3.21. The first-order chi connectivity index (χ1) is 8.22. The zero-order valence-corrected chi connectivity index (χ0v) is 11.3. The van der Waals surface area contributed by atoms with Crippen molar-refractivity contribution in [2.75, 3.05) is 13.7 Å². The van der Waals surface area contributed by atoms with Gasteiger partial charge in [0.1, 0.15) is 5.82 Å². The molecule has 17 heavy (non-hydrogen) atoms. The maximum atomic E-state index is 13.3. The molecule has 1 aromatic carbocycles. The van der Waals surface area contributed by atoms with E-state index < -0.39 is 0 Å². The fraction of sp³-hybridized carbons (Fsp3) is 0.385. The average Bonchev–Trinajstić information content (AvgIpc) is 2.36. The molecule has 0 bridgehead atoms. The monoisotopic (exact) mass is 299 g/mol. The van der Waals surface area contributed by atoms with E-state index in [4.69, 9.17) is 4.74 Å². The van der Waals surface area contributed by atoms with Crippen LogP contribution in [0.3, 0.4) is 0 Å². The second kappa shape index (κ2) is 5.65. The highest BCUT2D eigenvalue weighted by Gasteiger charge is 2.20. The van der Waals surface area contributed by atoms with Crippen LogP contribution in [0.25, 0.3) is 0 Å². The summed E-state index contributed by atoms with van der Waals surface area (Å²) in [6.45, 7) is 0.768. The van der Waals surface area contributed by atoms with E-state index in [1.54, 1.807) is 18.4 Å². The fourth-order valence-corrected chi connectivity index (χ4v) is 2.55. The molecule has 0 saturated heterocycles. The standard InChI is InChI=1S/C13H15BrFNO/c1-16-13(9-3-2-6-17-8-9)11-7-10(15)4-5-12(11)14/h4-5,7-8,13,16H,2-3,6H2,1H3. The lowest BCUT2D eigenvalue weighted by atomic mass is 9.95. The quantitative estimate of drug-likeness (QED) is 0.922. The van der Waals surface area contributed by atoms with Crippen LogP contribution in [0.4, 0.5) is 4.39 Å². The molecule has 0 fully saturated rings. The Bertz CT molecular complexity index is 433. The molecule has 1 aliphatic heterocycles. The third-order valence-electron chi connectivity index (χ3n) is 2.89. The summed E-state index contributed by atoms with van der Waals surface area (Å²) in [6.07, 6.45) is 3.79. The topological polar surface area (TPSA) is 21.3 Å². The molecule has 1 aromatic rings. The van der Waals surface area contributed by atoms with Gasteiger partial charge in [0.2, 0.25) is 0 Å². The van der Waals surface area contributed by atoms with Gasteiger partial charge in [0.25, 0.3) is 0 Å². The molecule has 2 rings (SSSR count). The van der Waals surface area contributed by atoms with Gasteiger partial charge in [-0.3, -0.25) is 0 Å². The minimum absolute atomic E-state index is 0.000347. The van der Waals surface area contributed by atoms with Crippen molar-refractivity contribution in [2.24, 2.45) is 0 Å². The first-order valence-electron chi connectivity index (χ1n) is 5.65. The van der Waals surface area contributed by atoms with Crippen molar-refractivity contribution in [1.29, 1.82) is 0 Å². The van der Waals surface area contributed by atoms with Crippen LogP contribution in [0, 0.1) is 5.82 Å². The zero-order valence-electron chi connectivity index (χ0n) is 9.67. The predicted octanol–water partition coefficient (Wildman–Crippen LogP) is 3.54. The third kappa shape index (κ3) is 2.87. The number of hydrogen-bond donors (Lipinski definition) is 1. The van der Waals surface area contributed by atoms with E-state index in [9.17, 15) is 4.39 Å². The van der Waals surface area contributed by atoms with Crippen molar-refractivity contribution in [3.05, 3.63) is 45.9 Å². The Morgan fingerprint density at radius 1 is 1.47 bits per heavy atom. The summed E-state index contributed by atoms with van der Waals surface area (Å²) < 4.78 is 19.6. The molecule has 0 spiro atoms. The van der Waals surface area contributed by atoms with Crippen molar-refractivity contribution in [3.8, 4) is 0 Å². The average molecular weight is 300 g/mol. The lowest BCUT2D eigenvalue weighted by molar-refractivity contribution is 0.220. The first-order valence-corrected chi connectivity index (χ1v) is 6.44. The minimum atomic E-state index is -0.222. The van der Waals surface area contributed by atoms with Gasteiger partial charge in [0.15, 0.2) is 0 Å². The third-order valence-corrected chi connectivity index (χ3v) is 3.61. The normalized spacial score (nSPS) is 17.2. The van der Waals surface area contributed by atoms with Gasteiger partial charge in [-0.2, -0.15) is 0 Å². The summed E-state index contributed by atoms with van der Waals surface area (Å²) in [5.74, 6) is -0.222. The highest BCUT2D eigenvalue weighted by molar-refractivity contribution is 9.10. The van der Waals surface area contributed by atoms with Crippen LogP contribution in [0.1, 0.15) is 24.4 Å². The van der Waals surface area contributed by atoms with E-state index in [1.165, 1.54) is 6.07 Å². The van der Waals surface area contributed by atoms with Crippen molar-refractivity contribution >= 4 is 15.9 Å². The molecule has 0 aliphatic carbocycles. The molecule has 0 aromatic heterocycles. The van der Waals surface area contributed by atoms with Gasteiger partial charge in [0, 0.05) is 4.47 Å². The van der Waals surface area contributed by atoms with Crippen molar-refractivity contribution in [3.63, 3.8) is 0 Å². The summed E-state index contributed by atoms with van der Waals surface area (Å²) >= 11 is 3.46. The van der Waals surface area contributed by atoms with E-state index in [2.05, 4.69) is 21.2 Å². The second-order valence-corrected chi connectivity index (χ2v) is 4.91. The van der Waals surface area contributed by atoms with Crippen LogP contribution in [0.5, 0.6) is 0 Å². The summed E-state index contributed by atoms with van der Waals surface area (Å²) in [5.41, 5.74) is 2.06. The van der Waals surface area contributed by atoms with Crippen molar-refractivity contribution in [1.82, 2.24) is 5.32 Å². The molecule has 92 valence electrons. The summed E-state index contributed by atoms with van der Waals surface area (Å²) in [6, 6.07) is 4.74. The molecule has 0 saturated carbocycles. The number of nitrogens with one attached hydrogen (secondary N) is 1. The molecule has 1 unspecified atom stereocenters. The van der Waals surface area contributed by atoms with E-state index >= 15 is 0 Å². The summed E-state index contributed by atoms with van der Waals surface area (Å²) in [4.78, 5) is 0. The lowest BCUT2D eigenvalue weighted by Gasteiger charge is -2.24. The van der Waals surface area contributed by atoms with Crippen molar-refractivity contribution in [2.45, 2.75) is 18.9 Å². The lowest BCUT2D eigenvalue weighted by Crippen LogP contribution is -2.21. The van der Waals surface area contributed by atoms with Gasteiger partial charge in [-0.1, -0.05) is 15.9 Å². The highest BCUT2D eigenvalue weighted by atomic mass is 79.9. The number of halogens is 2. The van der Waals surface area contributed by atoms with E-state index in [0.29, 0.717) is 0 Å². The molecule has 0 amide bonds. The molecule has 1 aliphatic rings. The van der Waals surface area contributed by atoms with Crippen LogP contribution >= 0.6 is 15.9 Å². The number of benzene rings is 1. The number of hydrogen-bond acceptors (Lipinski definition) is 2. The Morgan fingerprint density at radius 3 is 2.94 bits per heavy atom. The van der Waals surface area contributed by atoms with E-state index in [0.717, 1.165) is 35.1 Å². The molecule has 0 radical (unpaired) electrons. The molecule has 1 atom stereocenters. The predicted molar refractivity (Wildman–Crippen MR) is 69.2 cm³/mol. The van der Waals surface area contributed by atoms with Crippen LogP contribution in [0.15, 0.2) is 34.5 Å². The second-order valence-electron chi connectivity index (χ2n) is 4.05. The van der Waals surface area contributed by atoms with Crippen molar-refractivity contribution < 1.29 is 9.13 Å². The van der Waals surface area contributed by atoms with Crippen LogP contribution in [0.2, 0.25) is 0 Å². The zero-order chi connectivity index (χ0) is 12.3. The molecular weight excluding hydrogens is 285 g/mol. The number of rotatable bonds is 3. The van der Waals surface area contributed by atoms with Crippen LogP contribution < -0.4 is 5.32 Å². The number of ether oxygens (including phenoxy) is 1. The van der Waals surface area contributed by atoms with Gasteiger partial charge in [-0.05, 0) is 49.2 Å². The van der Waals surface area contributed by atoms with Gasteiger partial charge < -0.3 is 10.1 Å². The SMILES string of the molecule is CNC(C1=COCCC1)c1cc(F)ccc1Br. The maximum absolute atomic E-state index is 13.3. The Kier molecular flexibility index (Phi) is 4.18. The Labute approximate surface area is 109 Å². The first kappa shape index (κ1) is 12.6. The molecule has 2 nitrogen and oxygen atoms in total. The Morgan fingerprint density at radius 2 is 2.29 bits per heavy atom. The molecular formula is C13H15BrFNO. The highest BCUT2D eigenvalue weighted by Crippen LogP contribution is 2.32. The molecule has 1 heterocycles.